The molecule has 0 aliphatic rings. The van der Waals surface area contributed by atoms with Crippen molar-refractivity contribution in [3.8, 4) is 0 Å². The van der Waals surface area contributed by atoms with Crippen LogP contribution in [0.25, 0.3) is 0 Å². The van der Waals surface area contributed by atoms with Crippen molar-refractivity contribution in [1.82, 2.24) is 10.2 Å². The van der Waals surface area contributed by atoms with Gasteiger partial charge in [-0.2, -0.15) is 0 Å². The minimum absolute atomic E-state index is 0.112. The maximum absolute atomic E-state index is 11.7. The van der Waals surface area contributed by atoms with E-state index in [1.54, 1.807) is 39.3 Å². The van der Waals surface area contributed by atoms with Gasteiger partial charge >= 0.3 is 0 Å². The van der Waals surface area contributed by atoms with Crippen molar-refractivity contribution < 1.29 is 9.59 Å². The number of likely N-dealkylation sites (N-methyl/N-ethyl adjacent to an activating group) is 1. The van der Waals surface area contributed by atoms with Gasteiger partial charge in [-0.3, -0.25) is 9.59 Å². The first kappa shape index (κ1) is 13.8. The molecule has 0 spiro atoms. The molecule has 0 unspecified atom stereocenters. The number of carbonyl (C=O) groups is 2. The highest BCUT2D eigenvalue weighted by molar-refractivity contribution is 5.96. The van der Waals surface area contributed by atoms with Crippen LogP contribution in [0, 0.1) is 0 Å². The molecule has 0 aliphatic heterocycles. The molecule has 0 bridgehead atoms. The van der Waals surface area contributed by atoms with Crippen molar-refractivity contribution in [2.75, 3.05) is 38.7 Å². The van der Waals surface area contributed by atoms with Crippen LogP contribution in [-0.2, 0) is 4.79 Å². The Morgan fingerprint density at radius 1 is 1.33 bits per heavy atom. The third kappa shape index (κ3) is 3.38. The first-order chi connectivity index (χ1) is 8.45. The summed E-state index contributed by atoms with van der Waals surface area (Å²) in [4.78, 5) is 24.3. The molecule has 0 atom stereocenters. The number of hydrogen-bond donors (Lipinski definition) is 3. The van der Waals surface area contributed by atoms with E-state index in [0.29, 0.717) is 16.9 Å². The van der Waals surface area contributed by atoms with E-state index in [9.17, 15) is 9.59 Å². The minimum Gasteiger partial charge on any atom is -0.397 e. The van der Waals surface area contributed by atoms with Gasteiger partial charge in [-0.05, 0) is 18.2 Å². The quantitative estimate of drug-likeness (QED) is 0.663. The van der Waals surface area contributed by atoms with Crippen LogP contribution in [0.15, 0.2) is 18.2 Å². The average molecular weight is 250 g/mol. The molecule has 0 fully saturated rings. The van der Waals surface area contributed by atoms with Crippen LogP contribution in [0.4, 0.5) is 11.4 Å². The van der Waals surface area contributed by atoms with Crippen LogP contribution < -0.4 is 16.4 Å². The largest absolute Gasteiger partial charge is 0.397 e. The fourth-order valence-electron chi connectivity index (χ4n) is 1.38. The maximum atomic E-state index is 11.7. The number of rotatable bonds is 4. The van der Waals surface area contributed by atoms with Crippen molar-refractivity contribution in [2.45, 2.75) is 0 Å². The summed E-state index contributed by atoms with van der Waals surface area (Å²) in [7, 11) is 4.92. The Bertz CT molecular complexity index is 457. The van der Waals surface area contributed by atoms with Crippen LogP contribution in [0.5, 0.6) is 0 Å². The second kappa shape index (κ2) is 5.90. The average Bonchev–Trinajstić information content (AvgIpc) is 2.35. The predicted molar refractivity (Wildman–Crippen MR) is 71.4 cm³/mol. The Morgan fingerprint density at radius 3 is 2.50 bits per heavy atom. The fourth-order valence-corrected chi connectivity index (χ4v) is 1.38. The van der Waals surface area contributed by atoms with Gasteiger partial charge in [-0.25, -0.2) is 0 Å². The molecule has 0 radical (unpaired) electrons. The Morgan fingerprint density at radius 2 is 2.00 bits per heavy atom. The molecule has 4 N–H and O–H groups in total. The molecule has 98 valence electrons. The SMILES string of the molecule is CNC(=O)CNc1ccc(C(=O)N(C)C)cc1N. The summed E-state index contributed by atoms with van der Waals surface area (Å²) in [6.07, 6.45) is 0. The zero-order valence-corrected chi connectivity index (χ0v) is 10.8. The van der Waals surface area contributed by atoms with Gasteiger partial charge in [0, 0.05) is 26.7 Å². The van der Waals surface area contributed by atoms with Crippen molar-refractivity contribution in [3.63, 3.8) is 0 Å². The number of hydrogen-bond acceptors (Lipinski definition) is 4. The highest BCUT2D eigenvalue weighted by Crippen LogP contribution is 2.20. The number of nitrogens with one attached hydrogen (secondary N) is 2. The number of nitrogen functional groups attached to an aromatic ring is 1. The van der Waals surface area contributed by atoms with Crippen molar-refractivity contribution >= 4 is 23.2 Å². The molecule has 6 heteroatoms. The Balaban J connectivity index is 2.80. The van der Waals surface area contributed by atoms with Crippen LogP contribution >= 0.6 is 0 Å². The van der Waals surface area contributed by atoms with E-state index in [-0.39, 0.29) is 18.4 Å². The zero-order chi connectivity index (χ0) is 13.7. The highest BCUT2D eigenvalue weighted by Gasteiger charge is 2.10. The summed E-state index contributed by atoms with van der Waals surface area (Å²) in [5.74, 6) is -0.248. The standard InChI is InChI=1S/C12H18N4O2/c1-14-11(17)7-15-10-5-4-8(6-9(10)13)12(18)16(2)3/h4-6,15H,7,13H2,1-3H3,(H,14,17). The van der Waals surface area contributed by atoms with Crippen LogP contribution in [-0.4, -0.2) is 44.4 Å². The third-order valence-corrected chi connectivity index (χ3v) is 2.42. The molecule has 0 heterocycles. The second-order valence-corrected chi connectivity index (χ2v) is 4.03. The predicted octanol–water partition coefficient (Wildman–Crippen LogP) is 0.129. The van der Waals surface area contributed by atoms with Crippen LogP contribution in [0.2, 0.25) is 0 Å². The molecule has 18 heavy (non-hydrogen) atoms. The lowest BCUT2D eigenvalue weighted by Gasteiger charge is -2.13. The van der Waals surface area contributed by atoms with E-state index in [1.165, 1.54) is 4.90 Å². The monoisotopic (exact) mass is 250 g/mol. The summed E-state index contributed by atoms with van der Waals surface area (Å²) in [5.41, 5.74) is 7.41. The molecule has 0 aromatic heterocycles. The van der Waals surface area contributed by atoms with Gasteiger partial charge in [0.25, 0.3) is 5.91 Å². The molecule has 0 saturated heterocycles. The smallest absolute Gasteiger partial charge is 0.253 e. The van der Waals surface area contributed by atoms with E-state index in [0.717, 1.165) is 0 Å². The van der Waals surface area contributed by atoms with Crippen LogP contribution in [0.3, 0.4) is 0 Å². The third-order valence-electron chi connectivity index (χ3n) is 2.42. The minimum atomic E-state index is -0.136. The number of amides is 2. The number of anilines is 2. The van der Waals surface area contributed by atoms with E-state index in [2.05, 4.69) is 10.6 Å². The van der Waals surface area contributed by atoms with E-state index in [4.69, 9.17) is 5.73 Å². The summed E-state index contributed by atoms with van der Waals surface area (Å²) in [5, 5.41) is 5.39. The van der Waals surface area contributed by atoms with Gasteiger partial charge in [-0.1, -0.05) is 0 Å². The fraction of sp³-hybridized carbons (Fsp3) is 0.333. The van der Waals surface area contributed by atoms with Gasteiger partial charge < -0.3 is 21.3 Å². The lowest BCUT2D eigenvalue weighted by molar-refractivity contribution is -0.118. The van der Waals surface area contributed by atoms with Crippen molar-refractivity contribution in [1.29, 1.82) is 0 Å². The summed E-state index contributed by atoms with van der Waals surface area (Å²) in [6.45, 7) is 0.141. The van der Waals surface area contributed by atoms with Crippen LogP contribution in [0.1, 0.15) is 10.4 Å². The highest BCUT2D eigenvalue weighted by atomic mass is 16.2. The lowest BCUT2D eigenvalue weighted by atomic mass is 10.1. The summed E-state index contributed by atoms with van der Waals surface area (Å²) < 4.78 is 0. The molecule has 0 saturated carbocycles. The first-order valence-electron chi connectivity index (χ1n) is 5.51. The maximum Gasteiger partial charge on any atom is 0.253 e. The normalized spacial score (nSPS) is 9.72. The van der Waals surface area contributed by atoms with Crippen molar-refractivity contribution in [2.24, 2.45) is 0 Å². The zero-order valence-electron chi connectivity index (χ0n) is 10.8. The Labute approximate surface area is 106 Å². The van der Waals surface area contributed by atoms with Crippen molar-refractivity contribution in [3.05, 3.63) is 23.8 Å². The molecular formula is C12H18N4O2. The molecule has 1 rings (SSSR count). The van der Waals surface area contributed by atoms with E-state index in [1.807, 2.05) is 0 Å². The number of benzene rings is 1. The lowest BCUT2D eigenvalue weighted by Crippen LogP contribution is -2.26. The summed E-state index contributed by atoms with van der Waals surface area (Å²) in [6, 6.07) is 4.95. The molecule has 1 aromatic rings. The van der Waals surface area contributed by atoms with Gasteiger partial charge in [0.2, 0.25) is 5.91 Å². The molecule has 1 aromatic carbocycles. The second-order valence-electron chi connectivity index (χ2n) is 4.03. The number of carbonyl (C=O) groups excluding carboxylic acids is 2. The van der Waals surface area contributed by atoms with E-state index >= 15 is 0 Å². The molecule has 6 nitrogen and oxygen atoms in total. The number of nitrogens with zero attached hydrogens (tertiary/aromatic N) is 1. The van der Waals surface area contributed by atoms with Gasteiger partial charge in [-0.15, -0.1) is 0 Å². The molecular weight excluding hydrogens is 232 g/mol. The molecule has 0 aliphatic carbocycles. The van der Waals surface area contributed by atoms with E-state index < -0.39 is 0 Å². The Kier molecular flexibility index (Phi) is 4.53. The van der Waals surface area contributed by atoms with Gasteiger partial charge in [0.1, 0.15) is 0 Å². The summed E-state index contributed by atoms with van der Waals surface area (Å²) >= 11 is 0. The topological polar surface area (TPSA) is 87.5 Å². The molecule has 2 amide bonds. The Hall–Kier alpha value is -2.24. The van der Waals surface area contributed by atoms with Gasteiger partial charge in [0.15, 0.2) is 0 Å². The number of nitrogens with two attached hydrogens (primary N) is 1. The van der Waals surface area contributed by atoms with Gasteiger partial charge in [0.05, 0.1) is 17.9 Å². The first-order valence-corrected chi connectivity index (χ1v) is 5.51.